The molecule has 0 atom stereocenters. The summed E-state index contributed by atoms with van der Waals surface area (Å²) in [5, 5.41) is 2.96. The molecule has 1 fully saturated rings. The van der Waals surface area contributed by atoms with Crippen molar-refractivity contribution in [3.63, 3.8) is 0 Å². The van der Waals surface area contributed by atoms with Crippen LogP contribution in [0.25, 0.3) is 0 Å². The van der Waals surface area contributed by atoms with Gasteiger partial charge in [-0.15, -0.1) is 0 Å². The second kappa shape index (κ2) is 7.23. The van der Waals surface area contributed by atoms with E-state index in [1.54, 1.807) is 4.90 Å². The maximum atomic E-state index is 12.0. The monoisotopic (exact) mass is 295 g/mol. The van der Waals surface area contributed by atoms with Gasteiger partial charge < -0.3 is 10.2 Å². The topological polar surface area (TPSA) is 33.5 Å². The van der Waals surface area contributed by atoms with E-state index < -0.39 is 0 Å². The zero-order valence-electron chi connectivity index (χ0n) is 12.8. The standard InChI is InChI=1S/C19H22N2O/c22-19(18-6-2-1-3-7-18)20-14-16-8-10-17(11-9-16)15-21-12-4-5-13-21/h1-3,6-11H,4-5,12-15H2,(H,20,22)/p+1. The van der Waals surface area contributed by atoms with Gasteiger partial charge in [-0.05, 0) is 17.7 Å². The van der Waals surface area contributed by atoms with Crippen LogP contribution < -0.4 is 10.2 Å². The zero-order chi connectivity index (χ0) is 15.2. The van der Waals surface area contributed by atoms with Crippen molar-refractivity contribution in [1.82, 2.24) is 5.32 Å². The van der Waals surface area contributed by atoms with Crippen LogP contribution in [-0.2, 0) is 13.1 Å². The minimum Gasteiger partial charge on any atom is -0.348 e. The summed E-state index contributed by atoms with van der Waals surface area (Å²) in [7, 11) is 0. The first kappa shape index (κ1) is 14.8. The third-order valence-electron chi connectivity index (χ3n) is 4.28. The molecule has 1 amide bonds. The van der Waals surface area contributed by atoms with Crippen LogP contribution in [0.5, 0.6) is 0 Å². The maximum absolute atomic E-state index is 12.0. The number of carbonyl (C=O) groups is 1. The highest BCUT2D eigenvalue weighted by Crippen LogP contribution is 2.05. The highest BCUT2D eigenvalue weighted by molar-refractivity contribution is 5.94. The molecule has 0 unspecified atom stereocenters. The van der Waals surface area contributed by atoms with Gasteiger partial charge in [0.05, 0.1) is 13.1 Å². The summed E-state index contributed by atoms with van der Waals surface area (Å²) in [6.45, 7) is 4.30. The fourth-order valence-electron chi connectivity index (χ4n) is 2.99. The molecule has 0 bridgehead atoms. The second-order valence-electron chi connectivity index (χ2n) is 6.00. The molecule has 0 radical (unpaired) electrons. The molecule has 3 heteroatoms. The van der Waals surface area contributed by atoms with Gasteiger partial charge in [-0.1, -0.05) is 42.5 Å². The number of amides is 1. The summed E-state index contributed by atoms with van der Waals surface area (Å²) in [5.74, 6) is -0.0220. The average Bonchev–Trinajstić information content (AvgIpc) is 3.08. The predicted molar refractivity (Wildman–Crippen MR) is 87.7 cm³/mol. The van der Waals surface area contributed by atoms with E-state index in [1.165, 1.54) is 31.5 Å². The Morgan fingerprint density at radius 1 is 0.909 bits per heavy atom. The normalized spacial score (nSPS) is 14.9. The van der Waals surface area contributed by atoms with E-state index in [9.17, 15) is 4.79 Å². The fourth-order valence-corrected chi connectivity index (χ4v) is 2.99. The summed E-state index contributed by atoms with van der Waals surface area (Å²) in [4.78, 5) is 13.7. The molecule has 0 spiro atoms. The Balaban J connectivity index is 1.51. The Morgan fingerprint density at radius 2 is 1.55 bits per heavy atom. The number of hydrogen-bond donors (Lipinski definition) is 2. The third kappa shape index (κ3) is 3.95. The highest BCUT2D eigenvalue weighted by atomic mass is 16.1. The second-order valence-corrected chi connectivity index (χ2v) is 6.00. The number of likely N-dealkylation sites (tertiary alicyclic amines) is 1. The number of hydrogen-bond acceptors (Lipinski definition) is 1. The summed E-state index contributed by atoms with van der Waals surface area (Å²) < 4.78 is 0. The number of nitrogens with one attached hydrogen (secondary N) is 2. The molecule has 22 heavy (non-hydrogen) atoms. The van der Waals surface area contributed by atoms with Crippen molar-refractivity contribution >= 4 is 5.91 Å². The summed E-state index contributed by atoms with van der Waals surface area (Å²) in [6.07, 6.45) is 2.72. The molecule has 1 heterocycles. The molecule has 2 aromatic rings. The molecular formula is C19H23N2O+. The van der Waals surface area contributed by atoms with E-state index in [0.717, 1.165) is 12.1 Å². The molecule has 0 aromatic heterocycles. The molecule has 3 rings (SSSR count). The largest absolute Gasteiger partial charge is 0.348 e. The van der Waals surface area contributed by atoms with Gasteiger partial charge in [-0.2, -0.15) is 0 Å². The first-order valence-electron chi connectivity index (χ1n) is 8.06. The molecule has 1 aliphatic rings. The van der Waals surface area contributed by atoms with Crippen LogP contribution >= 0.6 is 0 Å². The van der Waals surface area contributed by atoms with Gasteiger partial charge in [0.15, 0.2) is 0 Å². The summed E-state index contributed by atoms with van der Waals surface area (Å²) in [5.41, 5.74) is 3.23. The Labute approximate surface area is 132 Å². The van der Waals surface area contributed by atoms with Crippen LogP contribution in [0.3, 0.4) is 0 Å². The van der Waals surface area contributed by atoms with E-state index >= 15 is 0 Å². The van der Waals surface area contributed by atoms with Crippen molar-refractivity contribution in [3.8, 4) is 0 Å². The van der Waals surface area contributed by atoms with Gasteiger partial charge in [-0.25, -0.2) is 0 Å². The fraction of sp³-hybridized carbons (Fsp3) is 0.316. The average molecular weight is 295 g/mol. The van der Waals surface area contributed by atoms with E-state index in [2.05, 4.69) is 29.6 Å². The lowest BCUT2D eigenvalue weighted by Crippen LogP contribution is -3.08. The number of carbonyl (C=O) groups excluding carboxylic acids is 1. The van der Waals surface area contributed by atoms with E-state index in [1.807, 2.05) is 30.3 Å². The molecule has 114 valence electrons. The van der Waals surface area contributed by atoms with Gasteiger partial charge in [0.2, 0.25) is 0 Å². The lowest BCUT2D eigenvalue weighted by atomic mass is 10.1. The Hall–Kier alpha value is -2.13. The quantitative estimate of drug-likeness (QED) is 0.866. The minimum absolute atomic E-state index is 0.0220. The molecule has 1 saturated heterocycles. The van der Waals surface area contributed by atoms with Crippen LogP contribution in [0.4, 0.5) is 0 Å². The number of benzene rings is 2. The van der Waals surface area contributed by atoms with Crippen LogP contribution in [0.15, 0.2) is 54.6 Å². The van der Waals surface area contributed by atoms with Crippen molar-refractivity contribution in [2.45, 2.75) is 25.9 Å². The van der Waals surface area contributed by atoms with Crippen LogP contribution in [-0.4, -0.2) is 19.0 Å². The van der Waals surface area contributed by atoms with Crippen LogP contribution in [0.2, 0.25) is 0 Å². The van der Waals surface area contributed by atoms with Gasteiger partial charge in [0.25, 0.3) is 5.91 Å². The highest BCUT2D eigenvalue weighted by Gasteiger charge is 2.15. The smallest absolute Gasteiger partial charge is 0.251 e. The summed E-state index contributed by atoms with van der Waals surface area (Å²) >= 11 is 0. The van der Waals surface area contributed by atoms with Crippen molar-refractivity contribution in [1.29, 1.82) is 0 Å². The van der Waals surface area contributed by atoms with Crippen molar-refractivity contribution in [3.05, 3.63) is 71.3 Å². The first-order valence-corrected chi connectivity index (χ1v) is 8.06. The molecule has 3 nitrogen and oxygen atoms in total. The molecule has 0 aliphatic carbocycles. The van der Waals surface area contributed by atoms with E-state index in [-0.39, 0.29) is 5.91 Å². The maximum Gasteiger partial charge on any atom is 0.251 e. The number of rotatable bonds is 5. The first-order chi connectivity index (χ1) is 10.8. The number of quaternary nitrogens is 1. The van der Waals surface area contributed by atoms with Crippen molar-refractivity contribution < 1.29 is 9.69 Å². The lowest BCUT2D eigenvalue weighted by Gasteiger charge is -2.12. The lowest BCUT2D eigenvalue weighted by molar-refractivity contribution is -0.901. The van der Waals surface area contributed by atoms with Gasteiger partial charge in [0, 0.05) is 30.5 Å². The minimum atomic E-state index is -0.0220. The zero-order valence-corrected chi connectivity index (χ0v) is 12.8. The predicted octanol–water partition coefficient (Wildman–Crippen LogP) is 1.80. The van der Waals surface area contributed by atoms with E-state index in [4.69, 9.17) is 0 Å². The molecule has 2 aromatic carbocycles. The summed E-state index contributed by atoms with van der Waals surface area (Å²) in [6, 6.07) is 18.0. The molecule has 2 N–H and O–H groups in total. The van der Waals surface area contributed by atoms with E-state index in [0.29, 0.717) is 12.1 Å². The molecular weight excluding hydrogens is 272 g/mol. The van der Waals surface area contributed by atoms with Gasteiger partial charge >= 0.3 is 0 Å². The SMILES string of the molecule is O=C(NCc1ccc(C[NH+]2CCCC2)cc1)c1ccccc1. The van der Waals surface area contributed by atoms with Crippen LogP contribution in [0.1, 0.15) is 34.3 Å². The third-order valence-corrected chi connectivity index (χ3v) is 4.28. The van der Waals surface area contributed by atoms with Crippen LogP contribution in [0, 0.1) is 0 Å². The Bertz CT molecular complexity index is 601. The Kier molecular flexibility index (Phi) is 4.86. The molecule has 0 saturated carbocycles. The van der Waals surface area contributed by atoms with Gasteiger partial charge in [0.1, 0.15) is 6.54 Å². The van der Waals surface area contributed by atoms with Crippen molar-refractivity contribution in [2.75, 3.05) is 13.1 Å². The molecule has 1 aliphatic heterocycles. The van der Waals surface area contributed by atoms with Gasteiger partial charge in [-0.3, -0.25) is 4.79 Å². The Morgan fingerprint density at radius 3 is 2.23 bits per heavy atom. The van der Waals surface area contributed by atoms with Crippen molar-refractivity contribution in [2.24, 2.45) is 0 Å².